The molecule has 5 heterocycles. The number of hydrazine groups is 1. The normalized spacial score (nSPS) is 26.3. The van der Waals surface area contributed by atoms with Gasteiger partial charge in [0, 0.05) is 44.8 Å². The number of rotatable bonds is 3. The van der Waals surface area contributed by atoms with E-state index in [1.807, 2.05) is 20.0 Å². The molecule has 2 saturated heterocycles. The highest BCUT2D eigenvalue weighted by Gasteiger charge is 2.48. The van der Waals surface area contributed by atoms with Crippen molar-refractivity contribution in [3.8, 4) is 0 Å². The van der Waals surface area contributed by atoms with Crippen LogP contribution in [-0.4, -0.2) is 53.4 Å². The molecule has 32 heavy (non-hydrogen) atoms. The van der Waals surface area contributed by atoms with Crippen LogP contribution in [0.25, 0.3) is 0 Å². The second-order valence-corrected chi connectivity index (χ2v) is 9.74. The lowest BCUT2D eigenvalue weighted by atomic mass is 9.73. The third kappa shape index (κ3) is 3.21. The Hall–Kier alpha value is -2.21. The SMILES string of the molecule is CNc1nccc(C2NNc3nc(N4CCC5(CC4)CO[C@@H](C)[C@H]5N)n(C)c(=O)c32)c1Br. The van der Waals surface area contributed by atoms with Crippen LogP contribution < -0.4 is 32.4 Å². The highest BCUT2D eigenvalue weighted by molar-refractivity contribution is 9.10. The maximum Gasteiger partial charge on any atom is 0.262 e. The standard InChI is InChI=1S/C21H29BrN8O2/c1-11-16(23)21(10-32-11)5-8-30(9-6-21)20-26-17-13(19(31)29(20)3)15(27-28-17)12-4-7-25-18(24-2)14(12)22/h4,7,11,15-16,27-28H,5-6,8-10,23H2,1-3H3,(H,24,25)/t11-,15?,16+/m0/s1. The molecule has 11 heteroatoms. The van der Waals surface area contributed by atoms with E-state index in [-0.39, 0.29) is 29.2 Å². The van der Waals surface area contributed by atoms with Gasteiger partial charge in [0.05, 0.1) is 28.8 Å². The van der Waals surface area contributed by atoms with Gasteiger partial charge in [-0.3, -0.25) is 9.36 Å². The average Bonchev–Trinajstić information content (AvgIpc) is 3.34. The molecule has 2 aromatic rings. The van der Waals surface area contributed by atoms with Crippen molar-refractivity contribution in [1.82, 2.24) is 20.0 Å². The first-order chi connectivity index (χ1) is 15.4. The lowest BCUT2D eigenvalue weighted by Gasteiger charge is -2.41. The Bertz CT molecular complexity index is 1100. The van der Waals surface area contributed by atoms with Crippen molar-refractivity contribution in [2.45, 2.75) is 38.0 Å². The van der Waals surface area contributed by atoms with Crippen molar-refractivity contribution >= 4 is 33.5 Å². The number of hydrogen-bond donors (Lipinski definition) is 4. The molecule has 3 atom stereocenters. The zero-order valence-electron chi connectivity index (χ0n) is 18.5. The Labute approximate surface area is 195 Å². The molecule has 3 aliphatic rings. The number of nitrogens with one attached hydrogen (secondary N) is 3. The van der Waals surface area contributed by atoms with Gasteiger partial charge in [-0.25, -0.2) is 10.4 Å². The summed E-state index contributed by atoms with van der Waals surface area (Å²) < 4.78 is 8.30. The minimum Gasteiger partial charge on any atom is -0.376 e. The molecule has 172 valence electrons. The van der Waals surface area contributed by atoms with Crippen molar-refractivity contribution in [2.24, 2.45) is 18.2 Å². The minimum atomic E-state index is -0.338. The van der Waals surface area contributed by atoms with Gasteiger partial charge in [-0.2, -0.15) is 4.98 Å². The van der Waals surface area contributed by atoms with E-state index in [0.717, 1.165) is 36.0 Å². The molecular weight excluding hydrogens is 476 g/mol. The van der Waals surface area contributed by atoms with Crippen LogP contribution in [0.3, 0.4) is 0 Å². The van der Waals surface area contributed by atoms with Gasteiger partial charge in [0.15, 0.2) is 5.82 Å². The highest BCUT2D eigenvalue weighted by atomic mass is 79.9. The molecule has 1 spiro atoms. The van der Waals surface area contributed by atoms with E-state index >= 15 is 0 Å². The van der Waals surface area contributed by atoms with Gasteiger partial charge >= 0.3 is 0 Å². The largest absolute Gasteiger partial charge is 0.376 e. The molecular formula is C21H29BrN8O2. The van der Waals surface area contributed by atoms with Crippen molar-refractivity contribution in [3.63, 3.8) is 0 Å². The van der Waals surface area contributed by atoms with Gasteiger partial charge in [0.2, 0.25) is 5.95 Å². The van der Waals surface area contributed by atoms with Crippen molar-refractivity contribution in [1.29, 1.82) is 0 Å². The van der Waals surface area contributed by atoms with E-state index in [4.69, 9.17) is 15.5 Å². The van der Waals surface area contributed by atoms with Crippen LogP contribution in [0.4, 0.5) is 17.6 Å². The third-order valence-corrected chi connectivity index (χ3v) is 8.11. The monoisotopic (exact) mass is 504 g/mol. The molecule has 10 nitrogen and oxygen atoms in total. The second-order valence-electron chi connectivity index (χ2n) is 8.94. The second kappa shape index (κ2) is 7.98. The summed E-state index contributed by atoms with van der Waals surface area (Å²) in [5.74, 6) is 1.95. The summed E-state index contributed by atoms with van der Waals surface area (Å²) in [7, 11) is 3.60. The number of piperidine rings is 1. The van der Waals surface area contributed by atoms with Crippen LogP contribution in [0.1, 0.15) is 36.9 Å². The van der Waals surface area contributed by atoms with Crippen LogP contribution in [0.15, 0.2) is 21.5 Å². The van der Waals surface area contributed by atoms with Crippen LogP contribution >= 0.6 is 15.9 Å². The quantitative estimate of drug-likeness (QED) is 0.490. The maximum absolute atomic E-state index is 13.4. The average molecular weight is 505 g/mol. The third-order valence-electron chi connectivity index (χ3n) is 7.28. The van der Waals surface area contributed by atoms with E-state index in [1.54, 1.807) is 17.8 Å². The molecule has 1 unspecified atom stereocenters. The Morgan fingerprint density at radius 2 is 2.12 bits per heavy atom. The maximum atomic E-state index is 13.4. The van der Waals surface area contributed by atoms with E-state index < -0.39 is 0 Å². The summed E-state index contributed by atoms with van der Waals surface area (Å²) in [6.45, 7) is 4.35. The summed E-state index contributed by atoms with van der Waals surface area (Å²) in [4.78, 5) is 24.8. The topological polar surface area (TPSA) is 122 Å². The molecule has 2 aromatic heterocycles. The smallest absolute Gasteiger partial charge is 0.262 e. The molecule has 2 fully saturated rings. The molecule has 0 saturated carbocycles. The van der Waals surface area contributed by atoms with E-state index in [0.29, 0.717) is 29.8 Å². The molecule has 5 N–H and O–H groups in total. The first kappa shape index (κ1) is 21.6. The van der Waals surface area contributed by atoms with Crippen molar-refractivity contribution in [2.75, 3.05) is 42.4 Å². The fourth-order valence-electron chi connectivity index (χ4n) is 5.17. The number of aromatic nitrogens is 3. The van der Waals surface area contributed by atoms with Crippen LogP contribution in [0, 0.1) is 5.41 Å². The summed E-state index contributed by atoms with van der Waals surface area (Å²) >= 11 is 3.61. The summed E-state index contributed by atoms with van der Waals surface area (Å²) in [6, 6.07) is 1.61. The van der Waals surface area contributed by atoms with Crippen LogP contribution in [-0.2, 0) is 11.8 Å². The molecule has 3 aliphatic heterocycles. The van der Waals surface area contributed by atoms with Gasteiger partial charge in [-0.1, -0.05) is 0 Å². The summed E-state index contributed by atoms with van der Waals surface area (Å²) in [6.07, 6.45) is 3.67. The number of anilines is 3. The summed E-state index contributed by atoms with van der Waals surface area (Å²) in [5.41, 5.74) is 14.2. The number of halogens is 1. The Balaban J connectivity index is 1.44. The number of nitrogens with two attached hydrogens (primary N) is 1. The lowest BCUT2D eigenvalue weighted by molar-refractivity contribution is 0.0973. The molecule has 0 amide bonds. The molecule has 0 aliphatic carbocycles. The highest BCUT2D eigenvalue weighted by Crippen LogP contribution is 2.42. The zero-order chi connectivity index (χ0) is 22.6. The fraction of sp³-hybridized carbons (Fsp3) is 0.571. The van der Waals surface area contributed by atoms with E-state index in [1.165, 1.54) is 0 Å². The van der Waals surface area contributed by atoms with Gasteiger partial charge in [-0.05, 0) is 47.3 Å². The molecule has 0 radical (unpaired) electrons. The van der Waals surface area contributed by atoms with Gasteiger partial charge in [0.25, 0.3) is 5.56 Å². The van der Waals surface area contributed by atoms with Gasteiger partial charge < -0.3 is 26.1 Å². The molecule has 0 aromatic carbocycles. The predicted molar refractivity (Wildman–Crippen MR) is 127 cm³/mol. The summed E-state index contributed by atoms with van der Waals surface area (Å²) in [5, 5.41) is 3.06. The number of pyridine rings is 1. The predicted octanol–water partition coefficient (Wildman–Crippen LogP) is 1.33. The molecule has 0 bridgehead atoms. The Morgan fingerprint density at radius 3 is 2.78 bits per heavy atom. The molecule has 5 rings (SSSR count). The van der Waals surface area contributed by atoms with Crippen LogP contribution in [0.5, 0.6) is 0 Å². The lowest BCUT2D eigenvalue weighted by Crippen LogP contribution is -2.51. The van der Waals surface area contributed by atoms with Crippen molar-refractivity contribution in [3.05, 3.63) is 38.2 Å². The zero-order valence-corrected chi connectivity index (χ0v) is 20.1. The minimum absolute atomic E-state index is 0.0229. The Kier molecular flexibility index (Phi) is 5.39. The number of ether oxygens (including phenoxy) is 1. The first-order valence-electron chi connectivity index (χ1n) is 10.9. The van der Waals surface area contributed by atoms with Crippen molar-refractivity contribution < 1.29 is 4.74 Å². The number of fused-ring (bicyclic) bond motifs is 1. The van der Waals surface area contributed by atoms with E-state index in [9.17, 15) is 4.79 Å². The first-order valence-corrected chi connectivity index (χ1v) is 11.7. The number of nitrogens with zero attached hydrogens (tertiary/aromatic N) is 4. The number of hydrogen-bond acceptors (Lipinski definition) is 9. The van der Waals surface area contributed by atoms with Gasteiger partial charge in [-0.15, -0.1) is 0 Å². The fourth-order valence-corrected chi connectivity index (χ4v) is 5.83. The Morgan fingerprint density at radius 1 is 1.38 bits per heavy atom. The van der Waals surface area contributed by atoms with E-state index in [2.05, 4.69) is 42.0 Å². The van der Waals surface area contributed by atoms with Crippen LogP contribution in [0.2, 0.25) is 0 Å². The van der Waals surface area contributed by atoms with Gasteiger partial charge in [0.1, 0.15) is 5.82 Å².